The molecule has 0 heterocycles. The van der Waals surface area contributed by atoms with Crippen molar-refractivity contribution in [2.24, 2.45) is 68.0 Å². The van der Waals surface area contributed by atoms with Crippen molar-refractivity contribution in [1.29, 1.82) is 0 Å². The number of amides is 2. The van der Waals surface area contributed by atoms with Gasteiger partial charge in [0.05, 0.1) is 17.3 Å². The third-order valence-corrected chi connectivity index (χ3v) is 18.8. The van der Waals surface area contributed by atoms with E-state index in [1.165, 1.54) is 0 Å². The number of halogens is 1. The summed E-state index contributed by atoms with van der Waals surface area (Å²) in [6, 6.07) is 6.97. The molecule has 0 aliphatic heterocycles. The van der Waals surface area contributed by atoms with Crippen LogP contribution >= 0.6 is 11.6 Å². The van der Waals surface area contributed by atoms with Crippen molar-refractivity contribution in [2.75, 3.05) is 5.32 Å². The van der Waals surface area contributed by atoms with E-state index in [1.807, 2.05) is 13.8 Å². The number of ketones is 1. The Hall–Kier alpha value is -3.20. The van der Waals surface area contributed by atoms with E-state index in [-0.39, 0.29) is 69.6 Å². The summed E-state index contributed by atoms with van der Waals surface area (Å²) in [5.41, 5.74) is -0.460. The zero-order valence-corrected chi connectivity index (χ0v) is 36.9. The predicted octanol–water partition coefficient (Wildman–Crippen LogP) is 9.57. The number of carbonyl (C=O) groups excluding carboxylic acids is 4. The first-order valence-corrected chi connectivity index (χ1v) is 22.5. The number of esters is 1. The van der Waals surface area contributed by atoms with E-state index in [9.17, 15) is 29.1 Å². The molecule has 58 heavy (non-hydrogen) atoms. The lowest BCUT2D eigenvalue weighted by atomic mass is 9.33. The molecule has 7 aliphatic carbocycles. The minimum Gasteiger partial charge on any atom is -0.481 e. The summed E-state index contributed by atoms with van der Waals surface area (Å²) in [4.78, 5) is 68.2. The van der Waals surface area contributed by atoms with E-state index in [0.717, 1.165) is 56.1 Å². The molecule has 9 nitrogen and oxygen atoms in total. The number of allylic oxidation sites excluding steroid dienone is 1. The molecular weight excluding hydrogens is 752 g/mol. The number of carbonyl (C=O) groups is 5. The number of carboxylic acid groups (broad SMARTS) is 1. The fraction of sp³-hybridized carbons (Fsp3) is 0.729. The molecule has 10 heteroatoms. The minimum atomic E-state index is -0.994. The molecule has 0 bridgehead atoms. The molecule has 10 atom stereocenters. The lowest BCUT2D eigenvalue weighted by Gasteiger charge is -2.72. The Bertz CT molecular complexity index is 1980. The standard InChI is InChI=1S/C48H65ClN2O7/c1-26(2)36-32(52)25-47(40(56)51-48(22-23-48)41(57)50-28-12-10-27(49)11-13-28)21-20-45(8)29(37(36)47)14-15-34-44(7)18-17-35(43(5,6)33(44)16-19-46(34,45)9)58-39(55)31-24-30(38(53)54)42(31,3)4/h10-13,26,29-31,33-35H,14-25H2,1-9H3,(H,50,57)(H,51,56)(H,53,54)/t29-,30+,31-,33+,34-,35+,44+,45-,46-,47-/m1/s1. The molecule has 0 aromatic heterocycles. The van der Waals surface area contributed by atoms with Crippen molar-refractivity contribution in [2.45, 2.75) is 151 Å². The van der Waals surface area contributed by atoms with Crippen LogP contribution in [0.1, 0.15) is 139 Å². The molecular formula is C48H65ClN2O7. The molecule has 6 saturated carbocycles. The SMILES string of the molecule is CC(C)C1=C2[C@H]3CC[C@@H]4[C@@]5(C)CC[C@H](OC(=O)[C@H]6C[C@@H](C(=O)O)C6(C)C)C(C)(C)[C@@H]5CC[C@@]4(C)[C@]3(C)CC[C@@]2(C(=O)NC2(C(=O)Nc3ccc(Cl)cc3)CC2)CC1=O. The summed E-state index contributed by atoms with van der Waals surface area (Å²) in [7, 11) is 0. The second kappa shape index (κ2) is 13.4. The number of nitrogens with one attached hydrogen (secondary N) is 2. The number of benzene rings is 1. The third-order valence-electron chi connectivity index (χ3n) is 18.6. The van der Waals surface area contributed by atoms with Gasteiger partial charge < -0.3 is 20.5 Å². The summed E-state index contributed by atoms with van der Waals surface area (Å²) in [6.07, 6.45) is 8.50. The zero-order chi connectivity index (χ0) is 42.2. The first kappa shape index (κ1) is 41.5. The summed E-state index contributed by atoms with van der Waals surface area (Å²) in [5.74, 6) is -1.51. The van der Waals surface area contributed by atoms with Crippen LogP contribution in [-0.4, -0.2) is 46.3 Å². The molecule has 1 aromatic carbocycles. The van der Waals surface area contributed by atoms with Crippen molar-refractivity contribution >= 4 is 46.8 Å². The van der Waals surface area contributed by atoms with Gasteiger partial charge in [0.1, 0.15) is 11.6 Å². The average Bonchev–Trinajstić information content (AvgIpc) is 3.84. The zero-order valence-electron chi connectivity index (χ0n) is 36.1. The highest BCUT2D eigenvalue weighted by Gasteiger charge is 2.72. The molecule has 6 fully saturated rings. The van der Waals surface area contributed by atoms with E-state index in [4.69, 9.17) is 16.3 Å². The number of hydrogen-bond donors (Lipinski definition) is 3. The Labute approximate surface area is 349 Å². The van der Waals surface area contributed by atoms with Crippen LogP contribution in [0.5, 0.6) is 0 Å². The molecule has 0 saturated heterocycles. The molecule has 0 radical (unpaired) electrons. The van der Waals surface area contributed by atoms with Gasteiger partial charge in [-0.3, -0.25) is 24.0 Å². The number of aliphatic carboxylic acids is 1. The Morgan fingerprint density at radius 1 is 0.776 bits per heavy atom. The van der Waals surface area contributed by atoms with E-state index in [2.05, 4.69) is 59.1 Å². The molecule has 1 aromatic rings. The maximum absolute atomic E-state index is 14.9. The van der Waals surface area contributed by atoms with Crippen molar-refractivity contribution in [3.63, 3.8) is 0 Å². The predicted molar refractivity (Wildman–Crippen MR) is 223 cm³/mol. The van der Waals surface area contributed by atoms with Crippen molar-refractivity contribution in [3.8, 4) is 0 Å². The van der Waals surface area contributed by atoms with Crippen molar-refractivity contribution < 1.29 is 33.8 Å². The lowest BCUT2D eigenvalue weighted by Crippen LogP contribution is -2.66. The maximum atomic E-state index is 14.9. The lowest BCUT2D eigenvalue weighted by molar-refractivity contribution is -0.236. The molecule has 7 aliphatic rings. The summed E-state index contributed by atoms with van der Waals surface area (Å²) in [6.45, 7) is 20.0. The normalized spacial score (nSPS) is 40.2. The van der Waals surface area contributed by atoms with Crippen LogP contribution in [0.15, 0.2) is 35.4 Å². The monoisotopic (exact) mass is 816 g/mol. The van der Waals surface area contributed by atoms with Crippen LogP contribution in [0.25, 0.3) is 0 Å². The smallest absolute Gasteiger partial charge is 0.309 e. The number of carboxylic acids is 1. The molecule has 0 spiro atoms. The summed E-state index contributed by atoms with van der Waals surface area (Å²) < 4.78 is 6.41. The number of rotatable bonds is 8. The fourth-order valence-electron chi connectivity index (χ4n) is 14.7. The largest absolute Gasteiger partial charge is 0.481 e. The van der Waals surface area contributed by atoms with Gasteiger partial charge in [0.15, 0.2) is 5.78 Å². The van der Waals surface area contributed by atoms with E-state index in [1.54, 1.807) is 24.3 Å². The van der Waals surface area contributed by atoms with Gasteiger partial charge in [0.2, 0.25) is 11.8 Å². The van der Waals surface area contributed by atoms with Gasteiger partial charge in [-0.2, -0.15) is 0 Å². The highest BCUT2D eigenvalue weighted by atomic mass is 35.5. The fourth-order valence-corrected chi connectivity index (χ4v) is 14.8. The van der Waals surface area contributed by atoms with Gasteiger partial charge in [-0.05, 0) is 151 Å². The van der Waals surface area contributed by atoms with Gasteiger partial charge >= 0.3 is 11.9 Å². The highest BCUT2D eigenvalue weighted by Crippen LogP contribution is 2.77. The van der Waals surface area contributed by atoms with Crippen LogP contribution in [0.4, 0.5) is 5.69 Å². The maximum Gasteiger partial charge on any atom is 0.309 e. The Balaban J connectivity index is 1.04. The highest BCUT2D eigenvalue weighted by molar-refractivity contribution is 6.30. The summed E-state index contributed by atoms with van der Waals surface area (Å²) >= 11 is 6.08. The number of hydrogen-bond acceptors (Lipinski definition) is 6. The Kier molecular flexibility index (Phi) is 9.59. The number of fused-ring (bicyclic) bond motifs is 7. The average molecular weight is 818 g/mol. The first-order valence-electron chi connectivity index (χ1n) is 22.1. The van der Waals surface area contributed by atoms with Gasteiger partial charge in [-0.25, -0.2) is 0 Å². The molecule has 316 valence electrons. The van der Waals surface area contributed by atoms with Crippen LogP contribution in [0.2, 0.25) is 5.02 Å². The van der Waals surface area contributed by atoms with Crippen LogP contribution in [0.3, 0.4) is 0 Å². The quantitative estimate of drug-likeness (QED) is 0.222. The third kappa shape index (κ3) is 5.76. The van der Waals surface area contributed by atoms with Crippen LogP contribution in [0, 0.1) is 68.0 Å². The van der Waals surface area contributed by atoms with E-state index >= 15 is 0 Å². The van der Waals surface area contributed by atoms with Gasteiger partial charge in [-0.15, -0.1) is 0 Å². The Morgan fingerprint density at radius 2 is 1.45 bits per heavy atom. The molecule has 3 N–H and O–H groups in total. The second-order valence-electron chi connectivity index (χ2n) is 22.1. The van der Waals surface area contributed by atoms with Crippen molar-refractivity contribution in [1.82, 2.24) is 5.32 Å². The molecule has 0 unspecified atom stereocenters. The number of anilines is 1. The van der Waals surface area contributed by atoms with Crippen molar-refractivity contribution in [3.05, 3.63) is 40.4 Å². The van der Waals surface area contributed by atoms with Gasteiger partial charge in [0.25, 0.3) is 0 Å². The number of Topliss-reactive ketones (excluding diaryl/α,β-unsaturated/α-hetero) is 1. The first-order chi connectivity index (χ1) is 27.0. The van der Waals surface area contributed by atoms with Crippen LogP contribution < -0.4 is 10.6 Å². The minimum absolute atomic E-state index is 0.0132. The topological polar surface area (TPSA) is 139 Å². The second-order valence-corrected chi connectivity index (χ2v) is 22.5. The molecule has 8 rings (SSSR count). The summed E-state index contributed by atoms with van der Waals surface area (Å²) in [5, 5.41) is 16.5. The molecule has 2 amide bonds. The van der Waals surface area contributed by atoms with Gasteiger partial charge in [0, 0.05) is 22.5 Å². The van der Waals surface area contributed by atoms with E-state index in [0.29, 0.717) is 48.2 Å². The van der Waals surface area contributed by atoms with Gasteiger partial charge in [-0.1, -0.05) is 73.9 Å². The van der Waals surface area contributed by atoms with E-state index < -0.39 is 34.2 Å². The Morgan fingerprint density at radius 3 is 2.05 bits per heavy atom. The number of ether oxygens (including phenoxy) is 1. The van der Waals surface area contributed by atoms with Crippen LogP contribution in [-0.2, 0) is 28.7 Å².